The number of hydrogen-bond acceptors (Lipinski definition) is 4. The molecule has 0 bridgehead atoms. The number of hydrogen-bond donors (Lipinski definition) is 1. The van der Waals surface area contributed by atoms with Crippen molar-refractivity contribution in [1.29, 1.82) is 0 Å². The first-order chi connectivity index (χ1) is 13.2. The van der Waals surface area contributed by atoms with Gasteiger partial charge in [0.15, 0.2) is 0 Å². The summed E-state index contributed by atoms with van der Waals surface area (Å²) in [5, 5.41) is 0.905. The van der Waals surface area contributed by atoms with Crippen molar-refractivity contribution in [3.63, 3.8) is 0 Å². The summed E-state index contributed by atoms with van der Waals surface area (Å²) in [5.41, 5.74) is 4.76. The first kappa shape index (κ1) is 17.7. The van der Waals surface area contributed by atoms with Crippen LogP contribution in [0.1, 0.15) is 29.5 Å². The molecule has 0 aliphatic carbocycles. The zero-order valence-corrected chi connectivity index (χ0v) is 15.7. The van der Waals surface area contributed by atoms with Crippen molar-refractivity contribution in [2.45, 2.75) is 32.7 Å². The van der Waals surface area contributed by atoms with Gasteiger partial charge in [-0.1, -0.05) is 23.8 Å². The highest BCUT2D eigenvalue weighted by atomic mass is 16.5. The third kappa shape index (κ3) is 4.37. The minimum Gasteiger partial charge on any atom is -0.478 e. The van der Waals surface area contributed by atoms with Crippen LogP contribution in [-0.4, -0.2) is 34.6 Å². The van der Waals surface area contributed by atoms with E-state index in [0.29, 0.717) is 18.1 Å². The third-order valence-corrected chi connectivity index (χ3v) is 5.13. The van der Waals surface area contributed by atoms with E-state index in [-0.39, 0.29) is 5.56 Å². The number of unbranched alkanes of at least 4 members (excludes halogenated alkanes) is 1. The number of aromatic nitrogens is 2. The molecular weight excluding hydrogens is 338 g/mol. The van der Waals surface area contributed by atoms with E-state index >= 15 is 0 Å². The van der Waals surface area contributed by atoms with Gasteiger partial charge in [0.05, 0.1) is 6.61 Å². The number of aryl methyl sites for hydroxylation is 1. The Labute approximate surface area is 159 Å². The van der Waals surface area contributed by atoms with E-state index < -0.39 is 0 Å². The number of ether oxygens (including phenoxy) is 1. The van der Waals surface area contributed by atoms with Gasteiger partial charge in [-0.2, -0.15) is 4.98 Å². The molecule has 0 radical (unpaired) electrons. The molecule has 0 spiro atoms. The van der Waals surface area contributed by atoms with Gasteiger partial charge >= 0.3 is 0 Å². The molecule has 5 nitrogen and oxygen atoms in total. The molecule has 140 valence electrons. The number of H-pyrrole nitrogens is 1. The highest BCUT2D eigenvalue weighted by Crippen LogP contribution is 2.20. The van der Waals surface area contributed by atoms with Crippen LogP contribution in [0.3, 0.4) is 0 Å². The molecule has 27 heavy (non-hydrogen) atoms. The molecule has 3 aromatic rings. The van der Waals surface area contributed by atoms with Crippen molar-refractivity contribution in [1.82, 2.24) is 14.9 Å². The van der Waals surface area contributed by atoms with Gasteiger partial charge in [-0.3, -0.25) is 9.69 Å². The van der Waals surface area contributed by atoms with Gasteiger partial charge in [0.1, 0.15) is 5.65 Å². The van der Waals surface area contributed by atoms with Crippen LogP contribution < -0.4 is 10.3 Å². The van der Waals surface area contributed by atoms with Crippen molar-refractivity contribution in [3.8, 4) is 5.88 Å². The Morgan fingerprint density at radius 3 is 2.93 bits per heavy atom. The van der Waals surface area contributed by atoms with Crippen molar-refractivity contribution >= 4 is 11.0 Å². The van der Waals surface area contributed by atoms with E-state index in [2.05, 4.69) is 40.0 Å². The molecule has 1 aliphatic heterocycles. The van der Waals surface area contributed by atoms with E-state index in [1.54, 1.807) is 6.07 Å². The van der Waals surface area contributed by atoms with Gasteiger partial charge in [0.2, 0.25) is 11.4 Å². The Morgan fingerprint density at radius 2 is 2.00 bits per heavy atom. The van der Waals surface area contributed by atoms with E-state index in [1.807, 2.05) is 12.1 Å². The van der Waals surface area contributed by atoms with E-state index in [1.165, 1.54) is 22.8 Å². The number of aromatic amines is 1. The topological polar surface area (TPSA) is 58.2 Å². The molecule has 0 amide bonds. The molecule has 3 heterocycles. The highest BCUT2D eigenvalue weighted by Gasteiger charge is 2.15. The van der Waals surface area contributed by atoms with Crippen LogP contribution in [0, 0.1) is 6.92 Å². The molecule has 1 aliphatic rings. The summed E-state index contributed by atoms with van der Waals surface area (Å²) in [7, 11) is 0. The third-order valence-electron chi connectivity index (χ3n) is 5.13. The van der Waals surface area contributed by atoms with Crippen LogP contribution in [0.5, 0.6) is 5.88 Å². The van der Waals surface area contributed by atoms with Crippen molar-refractivity contribution < 1.29 is 4.74 Å². The first-order valence-corrected chi connectivity index (χ1v) is 9.61. The molecule has 1 N–H and O–H groups in total. The average Bonchev–Trinajstić information content (AvgIpc) is 2.67. The summed E-state index contributed by atoms with van der Waals surface area (Å²) in [5.74, 6) is 0.562. The molecule has 0 saturated carbocycles. The molecular formula is C22H25N3O2. The van der Waals surface area contributed by atoms with Gasteiger partial charge in [-0.15, -0.1) is 0 Å². The predicted octanol–water partition coefficient (Wildman–Crippen LogP) is 3.45. The summed E-state index contributed by atoms with van der Waals surface area (Å²) in [6.45, 7) is 6.08. The minimum atomic E-state index is -0.148. The van der Waals surface area contributed by atoms with Crippen molar-refractivity contribution in [2.24, 2.45) is 0 Å². The van der Waals surface area contributed by atoms with Crippen molar-refractivity contribution in [3.05, 3.63) is 69.5 Å². The van der Waals surface area contributed by atoms with Crippen LogP contribution in [0.15, 0.2) is 47.3 Å². The second-order valence-corrected chi connectivity index (χ2v) is 7.26. The largest absolute Gasteiger partial charge is 0.478 e. The lowest BCUT2D eigenvalue weighted by molar-refractivity contribution is 0.233. The summed E-state index contributed by atoms with van der Waals surface area (Å²) in [6.07, 6.45) is 3.24. The molecule has 1 aromatic carbocycles. The predicted molar refractivity (Wildman–Crippen MR) is 107 cm³/mol. The first-order valence-electron chi connectivity index (χ1n) is 9.61. The Bertz CT molecular complexity index is 996. The zero-order chi connectivity index (χ0) is 18.6. The molecule has 5 heteroatoms. The van der Waals surface area contributed by atoms with E-state index in [9.17, 15) is 4.79 Å². The van der Waals surface area contributed by atoms with Crippen LogP contribution in [0.4, 0.5) is 0 Å². The lowest BCUT2D eigenvalue weighted by Crippen LogP contribution is -2.31. The SMILES string of the molecule is Cc1ccc2c(c1)CCN(CCCCOc1ccc3ccc(=O)[nH]c3n1)C2. The highest BCUT2D eigenvalue weighted by molar-refractivity contribution is 5.74. The van der Waals surface area contributed by atoms with E-state index in [0.717, 1.165) is 44.3 Å². The summed E-state index contributed by atoms with van der Waals surface area (Å²) in [4.78, 5) is 21.0. The Morgan fingerprint density at radius 1 is 1.11 bits per heavy atom. The van der Waals surface area contributed by atoms with E-state index in [4.69, 9.17) is 4.74 Å². The Kier molecular flexibility index (Phi) is 5.21. The Balaban J connectivity index is 1.23. The Hall–Kier alpha value is -2.66. The fourth-order valence-corrected chi connectivity index (χ4v) is 3.64. The monoisotopic (exact) mass is 363 g/mol. The lowest BCUT2D eigenvalue weighted by atomic mass is 9.97. The van der Waals surface area contributed by atoms with Gasteiger partial charge in [0, 0.05) is 30.6 Å². The van der Waals surface area contributed by atoms with Gasteiger partial charge in [-0.05, 0) is 56.0 Å². The molecule has 0 unspecified atom stereocenters. The number of nitrogens with one attached hydrogen (secondary N) is 1. The van der Waals surface area contributed by atoms with Crippen LogP contribution in [-0.2, 0) is 13.0 Å². The second-order valence-electron chi connectivity index (χ2n) is 7.26. The maximum Gasteiger partial charge on any atom is 0.249 e. The summed E-state index contributed by atoms with van der Waals surface area (Å²) >= 11 is 0. The maximum atomic E-state index is 11.4. The van der Waals surface area contributed by atoms with Gasteiger partial charge < -0.3 is 9.72 Å². The minimum absolute atomic E-state index is 0.148. The fraction of sp³-hybridized carbons (Fsp3) is 0.364. The molecule has 0 saturated heterocycles. The fourth-order valence-electron chi connectivity index (χ4n) is 3.64. The number of pyridine rings is 2. The van der Waals surface area contributed by atoms with Crippen LogP contribution >= 0.6 is 0 Å². The van der Waals surface area contributed by atoms with Crippen molar-refractivity contribution in [2.75, 3.05) is 19.7 Å². The number of benzene rings is 1. The zero-order valence-electron chi connectivity index (χ0n) is 15.7. The lowest BCUT2D eigenvalue weighted by Gasteiger charge is -2.29. The molecule has 0 fully saturated rings. The van der Waals surface area contributed by atoms with Crippen LogP contribution in [0.2, 0.25) is 0 Å². The van der Waals surface area contributed by atoms with Gasteiger partial charge in [-0.25, -0.2) is 0 Å². The smallest absolute Gasteiger partial charge is 0.249 e. The van der Waals surface area contributed by atoms with Crippen LogP contribution in [0.25, 0.3) is 11.0 Å². The summed E-state index contributed by atoms with van der Waals surface area (Å²) in [6, 6.07) is 13.8. The maximum absolute atomic E-state index is 11.4. The molecule has 4 rings (SSSR count). The average molecular weight is 363 g/mol. The van der Waals surface area contributed by atoms with Gasteiger partial charge in [0.25, 0.3) is 0 Å². The molecule has 0 atom stereocenters. The number of fused-ring (bicyclic) bond motifs is 2. The normalized spacial score (nSPS) is 14.3. The quantitative estimate of drug-likeness (QED) is 0.682. The number of rotatable bonds is 6. The standard InChI is InChI=1S/C22H25N3O2/c1-16-4-5-19-15-25(12-10-18(19)14-16)11-2-3-13-27-21-9-7-17-6-8-20(26)23-22(17)24-21/h4-9,14H,2-3,10-13,15H2,1H3,(H,23,24,26). The number of nitrogens with zero attached hydrogens (tertiary/aromatic N) is 2. The molecule has 2 aromatic heterocycles. The second kappa shape index (κ2) is 7.92. The summed E-state index contributed by atoms with van der Waals surface area (Å²) < 4.78 is 5.76.